The fraction of sp³-hybridized carbons (Fsp3) is 1.00. The summed E-state index contributed by atoms with van der Waals surface area (Å²) in [6.45, 7) is 3.44. The molecular formula is C8H14Cl2O2. The maximum atomic E-state index is 5.81. The molecule has 1 fully saturated rings. The molecule has 0 atom stereocenters. The van der Waals surface area contributed by atoms with Crippen molar-refractivity contribution in [1.82, 2.24) is 0 Å². The molecule has 0 spiro atoms. The zero-order chi connectivity index (χ0) is 9.03. The second-order valence-corrected chi connectivity index (χ2v) is 4.01. The van der Waals surface area contributed by atoms with Gasteiger partial charge in [0.25, 0.3) is 0 Å². The summed E-state index contributed by atoms with van der Waals surface area (Å²) < 4.78 is 11.0. The number of hydrogen-bond acceptors (Lipinski definition) is 2. The molecule has 12 heavy (non-hydrogen) atoms. The Bertz CT molecular complexity index is 128. The van der Waals surface area contributed by atoms with Crippen molar-refractivity contribution < 1.29 is 9.47 Å². The molecule has 4 heteroatoms. The third kappa shape index (κ3) is 2.25. The van der Waals surface area contributed by atoms with Gasteiger partial charge in [-0.2, -0.15) is 0 Å². The highest BCUT2D eigenvalue weighted by atomic mass is 35.5. The molecule has 0 aromatic carbocycles. The van der Waals surface area contributed by atoms with E-state index >= 15 is 0 Å². The van der Waals surface area contributed by atoms with Gasteiger partial charge in [-0.3, -0.25) is 0 Å². The van der Waals surface area contributed by atoms with Crippen molar-refractivity contribution in [3.05, 3.63) is 0 Å². The molecule has 0 unspecified atom stereocenters. The van der Waals surface area contributed by atoms with Gasteiger partial charge in [0.15, 0.2) is 10.6 Å². The van der Waals surface area contributed by atoms with Crippen LogP contribution < -0.4 is 0 Å². The lowest BCUT2D eigenvalue weighted by Gasteiger charge is -2.37. The van der Waals surface area contributed by atoms with Crippen molar-refractivity contribution in [2.45, 2.75) is 36.8 Å². The molecule has 1 heterocycles. The van der Waals surface area contributed by atoms with Crippen LogP contribution in [0.1, 0.15) is 26.2 Å². The van der Waals surface area contributed by atoms with Gasteiger partial charge in [-0.15, -0.1) is 0 Å². The highest BCUT2D eigenvalue weighted by Gasteiger charge is 2.40. The SMILES string of the molecule is CCCC1(C(Cl)Cl)OCCCO1. The Morgan fingerprint density at radius 1 is 1.33 bits per heavy atom. The van der Waals surface area contributed by atoms with Crippen LogP contribution >= 0.6 is 23.2 Å². The largest absolute Gasteiger partial charge is 0.347 e. The quantitative estimate of drug-likeness (QED) is 0.671. The molecule has 1 saturated heterocycles. The molecule has 0 aromatic rings. The Morgan fingerprint density at radius 3 is 2.33 bits per heavy atom. The van der Waals surface area contributed by atoms with Gasteiger partial charge in [-0.05, 0) is 6.42 Å². The monoisotopic (exact) mass is 212 g/mol. The first-order valence-corrected chi connectivity index (χ1v) is 5.14. The van der Waals surface area contributed by atoms with Crippen molar-refractivity contribution in [2.75, 3.05) is 13.2 Å². The molecule has 72 valence electrons. The summed E-state index contributed by atoms with van der Waals surface area (Å²) in [6.07, 6.45) is 2.63. The third-order valence-electron chi connectivity index (χ3n) is 1.91. The minimum absolute atomic E-state index is 0.599. The van der Waals surface area contributed by atoms with Crippen molar-refractivity contribution in [2.24, 2.45) is 0 Å². The molecule has 0 saturated carbocycles. The number of alkyl halides is 2. The number of halogens is 2. The highest BCUT2D eigenvalue weighted by molar-refractivity contribution is 6.45. The maximum Gasteiger partial charge on any atom is 0.198 e. The Balaban J connectivity index is 2.56. The summed E-state index contributed by atoms with van der Waals surface area (Å²) in [5, 5.41) is 0. The zero-order valence-corrected chi connectivity index (χ0v) is 8.70. The third-order valence-corrected chi connectivity index (χ3v) is 2.58. The standard InChI is InChI=1S/C8H14Cl2O2/c1-2-4-8(7(9)10)11-5-3-6-12-8/h7H,2-6H2,1H3. The Kier molecular flexibility index (Phi) is 4.11. The molecular weight excluding hydrogens is 199 g/mol. The minimum Gasteiger partial charge on any atom is -0.347 e. The summed E-state index contributed by atoms with van der Waals surface area (Å²) in [5.41, 5.74) is 0. The van der Waals surface area contributed by atoms with Crippen LogP contribution in [0.15, 0.2) is 0 Å². The first-order valence-electron chi connectivity index (χ1n) is 4.27. The van der Waals surface area contributed by atoms with Crippen LogP contribution in [0.5, 0.6) is 0 Å². The summed E-state index contributed by atoms with van der Waals surface area (Å²) in [4.78, 5) is -0.599. The van der Waals surface area contributed by atoms with E-state index in [0.29, 0.717) is 13.2 Å². The molecule has 0 N–H and O–H groups in total. The fourth-order valence-corrected chi connectivity index (χ4v) is 1.79. The van der Waals surface area contributed by atoms with Crippen LogP contribution in [-0.4, -0.2) is 23.8 Å². The lowest BCUT2D eigenvalue weighted by atomic mass is 10.1. The molecule has 0 radical (unpaired) electrons. The molecule has 1 aliphatic heterocycles. The average molecular weight is 213 g/mol. The predicted molar refractivity (Wildman–Crippen MR) is 49.7 cm³/mol. The highest BCUT2D eigenvalue weighted by Crippen LogP contribution is 2.33. The second kappa shape index (κ2) is 4.66. The van der Waals surface area contributed by atoms with Crippen LogP contribution in [0, 0.1) is 0 Å². The van der Waals surface area contributed by atoms with Crippen LogP contribution in [0.3, 0.4) is 0 Å². The Morgan fingerprint density at radius 2 is 1.92 bits per heavy atom. The smallest absolute Gasteiger partial charge is 0.198 e. The second-order valence-electron chi connectivity index (χ2n) is 2.91. The van der Waals surface area contributed by atoms with E-state index in [2.05, 4.69) is 6.92 Å². The first-order chi connectivity index (χ1) is 5.71. The molecule has 0 amide bonds. The molecule has 0 aromatic heterocycles. The van der Waals surface area contributed by atoms with E-state index in [0.717, 1.165) is 19.3 Å². The van der Waals surface area contributed by atoms with Gasteiger partial charge < -0.3 is 9.47 Å². The summed E-state index contributed by atoms with van der Waals surface area (Å²) in [6, 6.07) is 0. The summed E-state index contributed by atoms with van der Waals surface area (Å²) in [5.74, 6) is -0.740. The molecule has 2 nitrogen and oxygen atoms in total. The van der Waals surface area contributed by atoms with Gasteiger partial charge in [0.05, 0.1) is 13.2 Å². The number of rotatable bonds is 3. The van der Waals surface area contributed by atoms with Crippen molar-refractivity contribution in [1.29, 1.82) is 0 Å². The lowest BCUT2D eigenvalue weighted by Crippen LogP contribution is -2.45. The predicted octanol–water partition coefficient (Wildman–Crippen LogP) is 2.72. The van der Waals surface area contributed by atoms with Crippen molar-refractivity contribution in [3.63, 3.8) is 0 Å². The van der Waals surface area contributed by atoms with E-state index in [1.165, 1.54) is 0 Å². The van der Waals surface area contributed by atoms with E-state index in [9.17, 15) is 0 Å². The molecule has 1 aliphatic rings. The van der Waals surface area contributed by atoms with E-state index < -0.39 is 10.6 Å². The van der Waals surface area contributed by atoms with Gasteiger partial charge in [0.2, 0.25) is 0 Å². The van der Waals surface area contributed by atoms with E-state index in [-0.39, 0.29) is 0 Å². The Hall–Kier alpha value is 0.500. The molecule has 0 bridgehead atoms. The van der Waals surface area contributed by atoms with Crippen LogP contribution in [-0.2, 0) is 9.47 Å². The summed E-state index contributed by atoms with van der Waals surface area (Å²) in [7, 11) is 0. The van der Waals surface area contributed by atoms with E-state index in [1.807, 2.05) is 0 Å². The van der Waals surface area contributed by atoms with Gasteiger partial charge in [-0.25, -0.2) is 0 Å². The molecule has 1 rings (SSSR count). The molecule has 0 aliphatic carbocycles. The van der Waals surface area contributed by atoms with Gasteiger partial charge in [0, 0.05) is 6.42 Å². The number of hydrogen-bond donors (Lipinski definition) is 0. The average Bonchev–Trinajstić information content (AvgIpc) is 2.06. The van der Waals surface area contributed by atoms with Crippen LogP contribution in [0.2, 0.25) is 0 Å². The normalized spacial score (nSPS) is 23.0. The van der Waals surface area contributed by atoms with Gasteiger partial charge in [0.1, 0.15) is 0 Å². The lowest BCUT2D eigenvalue weighted by molar-refractivity contribution is -0.262. The van der Waals surface area contributed by atoms with Gasteiger partial charge >= 0.3 is 0 Å². The first kappa shape index (κ1) is 10.6. The van der Waals surface area contributed by atoms with E-state index in [1.54, 1.807) is 0 Å². The van der Waals surface area contributed by atoms with Crippen molar-refractivity contribution >= 4 is 23.2 Å². The minimum atomic E-state index is -0.740. The van der Waals surface area contributed by atoms with Crippen LogP contribution in [0.25, 0.3) is 0 Å². The summed E-state index contributed by atoms with van der Waals surface area (Å²) >= 11 is 11.6. The van der Waals surface area contributed by atoms with Gasteiger partial charge in [-0.1, -0.05) is 36.5 Å². The maximum absolute atomic E-state index is 5.81. The fourth-order valence-electron chi connectivity index (χ4n) is 1.32. The zero-order valence-electron chi connectivity index (χ0n) is 7.19. The van der Waals surface area contributed by atoms with Crippen molar-refractivity contribution in [3.8, 4) is 0 Å². The van der Waals surface area contributed by atoms with E-state index in [4.69, 9.17) is 32.7 Å². The topological polar surface area (TPSA) is 18.5 Å². The number of ether oxygens (including phenoxy) is 2. The van der Waals surface area contributed by atoms with Crippen LogP contribution in [0.4, 0.5) is 0 Å². The Labute approximate surface area is 83.1 Å².